The summed E-state index contributed by atoms with van der Waals surface area (Å²) < 4.78 is 39.2. The van der Waals surface area contributed by atoms with Crippen molar-refractivity contribution >= 4 is 28.2 Å². The third-order valence-corrected chi connectivity index (χ3v) is 4.09. The molecule has 0 aliphatic heterocycles. The predicted octanol–water partition coefficient (Wildman–Crippen LogP) is 3.20. The van der Waals surface area contributed by atoms with Crippen LogP contribution in [0.5, 0.6) is 0 Å². The molecule has 0 amide bonds. The first-order valence-corrected chi connectivity index (χ1v) is 6.75. The molecule has 1 aliphatic carbocycles. The molecule has 3 rings (SSSR count). The third-order valence-electron chi connectivity index (χ3n) is 3.12. The highest BCUT2D eigenvalue weighted by Gasteiger charge is 2.37. The first kappa shape index (κ1) is 12.9. The molecule has 100 valence electrons. The van der Waals surface area contributed by atoms with Crippen LogP contribution in [0.25, 0.3) is 5.65 Å². The van der Waals surface area contributed by atoms with Gasteiger partial charge >= 0.3 is 6.18 Å². The smallest absolute Gasteiger partial charge is 0.268 e. The summed E-state index contributed by atoms with van der Waals surface area (Å²) in [6, 6.07) is 3.35. The Labute approximate surface area is 119 Å². The SMILES string of the molecule is O=c1c(I)c(C(F)(F)F)nc2cc(C3CC3)ccn12. The zero-order valence-electron chi connectivity index (χ0n) is 9.54. The van der Waals surface area contributed by atoms with E-state index in [2.05, 4.69) is 4.98 Å². The molecule has 2 aromatic heterocycles. The molecular weight excluding hydrogens is 372 g/mol. The van der Waals surface area contributed by atoms with Crippen molar-refractivity contribution in [2.45, 2.75) is 24.9 Å². The maximum atomic E-state index is 12.8. The molecule has 2 aromatic rings. The topological polar surface area (TPSA) is 34.4 Å². The third kappa shape index (κ3) is 2.24. The molecule has 2 heterocycles. The maximum absolute atomic E-state index is 12.8. The minimum Gasteiger partial charge on any atom is -0.268 e. The molecule has 0 saturated heterocycles. The Morgan fingerprint density at radius 2 is 2.05 bits per heavy atom. The lowest BCUT2D eigenvalue weighted by atomic mass is 10.2. The molecule has 1 aliphatic rings. The van der Waals surface area contributed by atoms with Gasteiger partial charge < -0.3 is 0 Å². The monoisotopic (exact) mass is 380 g/mol. The van der Waals surface area contributed by atoms with Gasteiger partial charge in [0.25, 0.3) is 5.56 Å². The van der Waals surface area contributed by atoms with E-state index in [4.69, 9.17) is 0 Å². The number of hydrogen-bond donors (Lipinski definition) is 0. The summed E-state index contributed by atoms with van der Waals surface area (Å²) in [5.41, 5.74) is -0.783. The van der Waals surface area contributed by atoms with Crippen molar-refractivity contribution in [3.05, 3.63) is 43.5 Å². The van der Waals surface area contributed by atoms with Crippen LogP contribution in [0.3, 0.4) is 0 Å². The molecule has 0 N–H and O–H groups in total. The summed E-state index contributed by atoms with van der Waals surface area (Å²) in [6.07, 6.45) is -1.03. The van der Waals surface area contributed by atoms with E-state index in [1.165, 1.54) is 28.8 Å². The van der Waals surface area contributed by atoms with Crippen molar-refractivity contribution in [2.24, 2.45) is 0 Å². The minimum absolute atomic E-state index is 0.0575. The molecule has 1 fully saturated rings. The molecule has 0 atom stereocenters. The number of hydrogen-bond acceptors (Lipinski definition) is 2. The van der Waals surface area contributed by atoms with Gasteiger partial charge in [-0.15, -0.1) is 0 Å². The number of halogens is 4. The van der Waals surface area contributed by atoms with E-state index in [-0.39, 0.29) is 5.65 Å². The number of nitrogens with zero attached hydrogens (tertiary/aromatic N) is 2. The largest absolute Gasteiger partial charge is 0.434 e. The number of aromatic nitrogens is 2. The standard InChI is InChI=1S/C12H8F3IN2O/c13-12(14,15)10-9(16)11(19)18-4-3-7(6-1-2-6)5-8(18)17-10/h3-6H,1-2H2. The summed E-state index contributed by atoms with van der Waals surface area (Å²) in [6.45, 7) is 0. The lowest BCUT2D eigenvalue weighted by Gasteiger charge is -2.10. The van der Waals surface area contributed by atoms with E-state index < -0.39 is 21.0 Å². The van der Waals surface area contributed by atoms with Gasteiger partial charge in [0.05, 0.1) is 0 Å². The van der Waals surface area contributed by atoms with E-state index in [9.17, 15) is 18.0 Å². The van der Waals surface area contributed by atoms with Gasteiger partial charge in [-0.05, 0) is 59.0 Å². The molecular formula is C12H8F3IN2O. The zero-order chi connectivity index (χ0) is 13.8. The van der Waals surface area contributed by atoms with Gasteiger partial charge in [0.2, 0.25) is 0 Å². The van der Waals surface area contributed by atoms with Crippen LogP contribution in [0.4, 0.5) is 13.2 Å². The highest BCUT2D eigenvalue weighted by atomic mass is 127. The summed E-state index contributed by atoms with van der Waals surface area (Å²) >= 11 is 1.40. The van der Waals surface area contributed by atoms with Crippen molar-refractivity contribution < 1.29 is 13.2 Å². The van der Waals surface area contributed by atoms with Crippen molar-refractivity contribution in [3.8, 4) is 0 Å². The quantitative estimate of drug-likeness (QED) is 0.713. The van der Waals surface area contributed by atoms with Gasteiger partial charge in [0.1, 0.15) is 9.22 Å². The van der Waals surface area contributed by atoms with E-state index in [1.54, 1.807) is 12.1 Å². The molecule has 0 aromatic carbocycles. The predicted molar refractivity (Wildman–Crippen MR) is 71.2 cm³/mol. The van der Waals surface area contributed by atoms with Crippen LogP contribution >= 0.6 is 22.6 Å². The average Bonchev–Trinajstić information content (AvgIpc) is 3.16. The van der Waals surface area contributed by atoms with Crippen molar-refractivity contribution in [3.63, 3.8) is 0 Å². The first-order valence-electron chi connectivity index (χ1n) is 5.67. The van der Waals surface area contributed by atoms with Crippen LogP contribution in [-0.2, 0) is 6.18 Å². The fraction of sp³-hybridized carbons (Fsp3) is 0.333. The highest BCUT2D eigenvalue weighted by molar-refractivity contribution is 14.1. The lowest BCUT2D eigenvalue weighted by molar-refractivity contribution is -0.141. The molecule has 3 nitrogen and oxygen atoms in total. The van der Waals surface area contributed by atoms with Crippen LogP contribution in [0.15, 0.2) is 23.1 Å². The van der Waals surface area contributed by atoms with Crippen LogP contribution in [0, 0.1) is 3.57 Å². The average molecular weight is 380 g/mol. The van der Waals surface area contributed by atoms with Gasteiger partial charge in [-0.1, -0.05) is 0 Å². The van der Waals surface area contributed by atoms with Gasteiger partial charge in [-0.2, -0.15) is 13.2 Å². The first-order chi connectivity index (χ1) is 8.88. The Morgan fingerprint density at radius 3 is 2.63 bits per heavy atom. The highest BCUT2D eigenvalue weighted by Crippen LogP contribution is 2.40. The summed E-state index contributed by atoms with van der Waals surface area (Å²) in [5, 5.41) is 0. The van der Waals surface area contributed by atoms with Gasteiger partial charge in [-0.25, -0.2) is 4.98 Å². The molecule has 0 radical (unpaired) electrons. The van der Waals surface area contributed by atoms with E-state index in [0.717, 1.165) is 22.8 Å². The zero-order valence-corrected chi connectivity index (χ0v) is 11.7. The number of rotatable bonds is 1. The molecule has 7 heteroatoms. The Hall–Kier alpha value is -1.12. The fourth-order valence-corrected chi connectivity index (χ4v) is 2.68. The van der Waals surface area contributed by atoms with Gasteiger partial charge in [0.15, 0.2) is 5.69 Å². The number of pyridine rings is 1. The van der Waals surface area contributed by atoms with Gasteiger partial charge in [-0.3, -0.25) is 9.20 Å². The summed E-state index contributed by atoms with van der Waals surface area (Å²) in [4.78, 5) is 15.5. The van der Waals surface area contributed by atoms with Crippen LogP contribution in [0.1, 0.15) is 30.0 Å². The Kier molecular flexibility index (Phi) is 2.84. The van der Waals surface area contributed by atoms with Crippen LogP contribution < -0.4 is 5.56 Å². The summed E-state index contributed by atoms with van der Waals surface area (Å²) in [7, 11) is 0. The van der Waals surface area contributed by atoms with Crippen LogP contribution in [0.2, 0.25) is 0 Å². The lowest BCUT2D eigenvalue weighted by Crippen LogP contribution is -2.24. The van der Waals surface area contributed by atoms with E-state index in [1.807, 2.05) is 0 Å². The number of fused-ring (bicyclic) bond motifs is 1. The molecule has 0 spiro atoms. The van der Waals surface area contributed by atoms with Crippen molar-refractivity contribution in [1.82, 2.24) is 9.38 Å². The Balaban J connectivity index is 2.29. The second-order valence-electron chi connectivity index (χ2n) is 4.54. The molecule has 1 saturated carbocycles. The molecule has 0 unspecified atom stereocenters. The number of alkyl halides is 3. The van der Waals surface area contributed by atoms with E-state index in [0.29, 0.717) is 5.92 Å². The van der Waals surface area contributed by atoms with Crippen LogP contribution in [-0.4, -0.2) is 9.38 Å². The maximum Gasteiger partial charge on any atom is 0.434 e. The fourth-order valence-electron chi connectivity index (χ4n) is 1.99. The minimum atomic E-state index is -4.61. The van der Waals surface area contributed by atoms with Gasteiger partial charge in [0, 0.05) is 6.20 Å². The summed E-state index contributed by atoms with van der Waals surface area (Å²) in [5.74, 6) is 0.399. The Morgan fingerprint density at radius 1 is 1.37 bits per heavy atom. The Bertz CT molecular complexity index is 719. The second kappa shape index (κ2) is 4.19. The normalized spacial score (nSPS) is 16.0. The van der Waals surface area contributed by atoms with Crippen molar-refractivity contribution in [2.75, 3.05) is 0 Å². The second-order valence-corrected chi connectivity index (χ2v) is 5.62. The molecule has 19 heavy (non-hydrogen) atoms. The van der Waals surface area contributed by atoms with Crippen molar-refractivity contribution in [1.29, 1.82) is 0 Å². The molecule has 0 bridgehead atoms. The van der Waals surface area contributed by atoms with E-state index >= 15 is 0 Å².